The van der Waals surface area contributed by atoms with E-state index in [4.69, 9.17) is 0 Å². The maximum atomic E-state index is 13.0. The van der Waals surface area contributed by atoms with Gasteiger partial charge >= 0.3 is 0 Å². The lowest BCUT2D eigenvalue weighted by molar-refractivity contribution is 0.0694. The largest absolute Gasteiger partial charge is 0.506 e. The number of piperazine rings is 1. The van der Waals surface area contributed by atoms with Gasteiger partial charge in [0.1, 0.15) is 11.6 Å². The predicted molar refractivity (Wildman–Crippen MR) is 105 cm³/mol. The number of halogens is 3. The number of phenolic OH excluding ortho intramolecular Hbond substituents is 1. The average molecular weight is 522 g/mol. The second-order valence-corrected chi connectivity index (χ2v) is 9.64. The standard InChI is InChI=1S/C17H15Br2FN2O4S/c18-11-9-14(16(23)15(19)10-11)17(24)21-5-7-22(8-6-21)27(25,26)13-3-1-12(20)2-4-13/h1-4,9-10,23H,5-8H2. The summed E-state index contributed by atoms with van der Waals surface area (Å²) in [7, 11) is -3.75. The molecule has 144 valence electrons. The van der Waals surface area contributed by atoms with E-state index >= 15 is 0 Å². The van der Waals surface area contributed by atoms with Gasteiger partial charge < -0.3 is 10.0 Å². The number of benzene rings is 2. The van der Waals surface area contributed by atoms with Gasteiger partial charge in [-0.3, -0.25) is 4.79 Å². The zero-order valence-electron chi connectivity index (χ0n) is 13.9. The van der Waals surface area contributed by atoms with Crippen molar-refractivity contribution < 1.29 is 22.7 Å². The van der Waals surface area contributed by atoms with Crippen molar-refractivity contribution in [3.63, 3.8) is 0 Å². The number of carbonyl (C=O) groups excluding carboxylic acids is 1. The second kappa shape index (κ2) is 7.86. The molecular weight excluding hydrogens is 507 g/mol. The van der Waals surface area contributed by atoms with Crippen LogP contribution >= 0.6 is 31.9 Å². The van der Waals surface area contributed by atoms with E-state index in [2.05, 4.69) is 31.9 Å². The molecule has 10 heteroatoms. The summed E-state index contributed by atoms with van der Waals surface area (Å²) < 4.78 is 40.6. The number of hydrogen-bond donors (Lipinski definition) is 1. The minimum atomic E-state index is -3.75. The van der Waals surface area contributed by atoms with Crippen molar-refractivity contribution in [2.45, 2.75) is 4.90 Å². The van der Waals surface area contributed by atoms with Crippen LogP contribution in [0.25, 0.3) is 0 Å². The van der Waals surface area contributed by atoms with Gasteiger partial charge in [0.25, 0.3) is 5.91 Å². The molecule has 6 nitrogen and oxygen atoms in total. The van der Waals surface area contributed by atoms with E-state index < -0.39 is 15.8 Å². The van der Waals surface area contributed by atoms with Crippen LogP contribution in [-0.2, 0) is 10.0 Å². The van der Waals surface area contributed by atoms with Gasteiger partial charge in [0.2, 0.25) is 10.0 Å². The summed E-state index contributed by atoms with van der Waals surface area (Å²) in [6, 6.07) is 7.78. The van der Waals surface area contributed by atoms with Crippen molar-refractivity contribution in [3.8, 4) is 5.75 Å². The molecule has 0 saturated carbocycles. The van der Waals surface area contributed by atoms with Gasteiger partial charge in [-0.05, 0) is 52.3 Å². The summed E-state index contributed by atoms with van der Waals surface area (Å²) in [5, 5.41) is 10.1. The molecule has 0 spiro atoms. The fourth-order valence-corrected chi connectivity index (χ4v) is 5.43. The van der Waals surface area contributed by atoms with E-state index in [1.165, 1.54) is 27.4 Å². The Labute approximate surface area is 172 Å². The summed E-state index contributed by atoms with van der Waals surface area (Å²) in [6.45, 7) is 0.592. The van der Waals surface area contributed by atoms with Crippen molar-refractivity contribution in [2.75, 3.05) is 26.2 Å². The molecule has 1 N–H and O–H groups in total. The normalized spacial score (nSPS) is 15.7. The number of phenols is 1. The van der Waals surface area contributed by atoms with Crippen molar-refractivity contribution in [1.82, 2.24) is 9.21 Å². The predicted octanol–water partition coefficient (Wildman–Crippen LogP) is 3.20. The van der Waals surface area contributed by atoms with E-state index in [-0.39, 0.29) is 48.3 Å². The monoisotopic (exact) mass is 520 g/mol. The van der Waals surface area contributed by atoms with Crippen molar-refractivity contribution >= 4 is 47.8 Å². The van der Waals surface area contributed by atoms with Gasteiger partial charge in [-0.1, -0.05) is 15.9 Å². The van der Waals surface area contributed by atoms with Gasteiger partial charge in [-0.2, -0.15) is 4.31 Å². The molecule has 3 rings (SSSR count). The van der Waals surface area contributed by atoms with E-state index in [0.29, 0.717) is 8.95 Å². The quantitative estimate of drug-likeness (QED) is 0.672. The van der Waals surface area contributed by atoms with Crippen molar-refractivity contribution in [3.05, 3.63) is 56.7 Å². The van der Waals surface area contributed by atoms with Gasteiger partial charge in [0, 0.05) is 30.7 Å². The zero-order valence-corrected chi connectivity index (χ0v) is 17.9. The molecular formula is C17H15Br2FN2O4S. The Morgan fingerprint density at radius 2 is 1.63 bits per heavy atom. The Morgan fingerprint density at radius 1 is 1.04 bits per heavy atom. The highest BCUT2D eigenvalue weighted by Crippen LogP contribution is 2.32. The second-order valence-electron chi connectivity index (χ2n) is 5.93. The number of nitrogens with zero attached hydrogens (tertiary/aromatic N) is 2. The lowest BCUT2D eigenvalue weighted by Crippen LogP contribution is -2.50. The summed E-state index contributed by atoms with van der Waals surface area (Å²) in [5.74, 6) is -1.05. The molecule has 0 radical (unpaired) electrons. The summed E-state index contributed by atoms with van der Waals surface area (Å²) in [6.07, 6.45) is 0. The third-order valence-corrected chi connectivity index (χ3v) is 7.21. The first-order valence-corrected chi connectivity index (χ1v) is 11.0. The lowest BCUT2D eigenvalue weighted by Gasteiger charge is -2.34. The number of carbonyl (C=O) groups is 1. The van der Waals surface area contributed by atoms with Crippen LogP contribution in [-0.4, -0.2) is 54.8 Å². The van der Waals surface area contributed by atoms with Crippen LogP contribution < -0.4 is 0 Å². The van der Waals surface area contributed by atoms with Gasteiger partial charge in [-0.15, -0.1) is 0 Å². The number of hydrogen-bond acceptors (Lipinski definition) is 4. The van der Waals surface area contributed by atoms with E-state index in [9.17, 15) is 22.7 Å². The molecule has 0 bridgehead atoms. The minimum absolute atomic E-state index is 0.0113. The molecule has 1 aliphatic heterocycles. The highest BCUT2D eigenvalue weighted by Gasteiger charge is 2.31. The Balaban J connectivity index is 1.74. The first-order chi connectivity index (χ1) is 12.7. The van der Waals surface area contributed by atoms with E-state index in [1.807, 2.05) is 0 Å². The Hall–Kier alpha value is -1.49. The lowest BCUT2D eigenvalue weighted by atomic mass is 10.1. The fraction of sp³-hybridized carbons (Fsp3) is 0.235. The van der Waals surface area contributed by atoms with Crippen LogP contribution in [0.2, 0.25) is 0 Å². The molecule has 0 aliphatic carbocycles. The number of aromatic hydroxyl groups is 1. The van der Waals surface area contributed by atoms with Crippen LogP contribution in [0.4, 0.5) is 4.39 Å². The molecule has 2 aromatic rings. The van der Waals surface area contributed by atoms with Gasteiger partial charge in [0.05, 0.1) is 14.9 Å². The van der Waals surface area contributed by atoms with Gasteiger partial charge in [-0.25, -0.2) is 12.8 Å². The zero-order chi connectivity index (χ0) is 19.8. The Bertz CT molecular complexity index is 975. The van der Waals surface area contributed by atoms with Crippen LogP contribution in [0, 0.1) is 5.82 Å². The fourth-order valence-electron chi connectivity index (χ4n) is 2.79. The summed E-state index contributed by atoms with van der Waals surface area (Å²) in [5.41, 5.74) is 0.131. The topological polar surface area (TPSA) is 77.9 Å². The highest BCUT2D eigenvalue weighted by molar-refractivity contribution is 9.11. The molecule has 2 aromatic carbocycles. The van der Waals surface area contributed by atoms with Crippen molar-refractivity contribution in [2.24, 2.45) is 0 Å². The molecule has 1 fully saturated rings. The molecule has 1 heterocycles. The third-order valence-electron chi connectivity index (χ3n) is 4.24. The van der Waals surface area contributed by atoms with E-state index in [1.54, 1.807) is 6.07 Å². The molecule has 0 atom stereocenters. The first-order valence-electron chi connectivity index (χ1n) is 7.93. The van der Waals surface area contributed by atoms with Crippen LogP contribution in [0.1, 0.15) is 10.4 Å². The van der Waals surface area contributed by atoms with Crippen LogP contribution in [0.3, 0.4) is 0 Å². The summed E-state index contributed by atoms with van der Waals surface area (Å²) in [4.78, 5) is 14.2. The molecule has 0 aromatic heterocycles. The number of sulfonamides is 1. The number of amides is 1. The smallest absolute Gasteiger partial charge is 0.257 e. The molecule has 1 aliphatic rings. The maximum Gasteiger partial charge on any atom is 0.257 e. The molecule has 1 saturated heterocycles. The molecule has 0 unspecified atom stereocenters. The van der Waals surface area contributed by atoms with Gasteiger partial charge in [0.15, 0.2) is 0 Å². The maximum absolute atomic E-state index is 13.0. The Kier molecular flexibility index (Phi) is 5.90. The van der Waals surface area contributed by atoms with Crippen LogP contribution in [0.5, 0.6) is 5.75 Å². The first kappa shape index (κ1) is 20.2. The van der Waals surface area contributed by atoms with Crippen LogP contribution in [0.15, 0.2) is 50.2 Å². The minimum Gasteiger partial charge on any atom is -0.506 e. The molecule has 27 heavy (non-hydrogen) atoms. The highest BCUT2D eigenvalue weighted by atomic mass is 79.9. The third kappa shape index (κ3) is 4.18. The Morgan fingerprint density at radius 3 is 2.22 bits per heavy atom. The van der Waals surface area contributed by atoms with E-state index in [0.717, 1.165) is 12.1 Å². The van der Waals surface area contributed by atoms with Crippen molar-refractivity contribution in [1.29, 1.82) is 0 Å². The summed E-state index contributed by atoms with van der Waals surface area (Å²) >= 11 is 6.47. The SMILES string of the molecule is O=C(c1cc(Br)cc(Br)c1O)N1CCN(S(=O)(=O)c2ccc(F)cc2)CC1. The average Bonchev–Trinajstić information content (AvgIpc) is 2.64. The number of rotatable bonds is 3. The molecule has 1 amide bonds.